The minimum Gasteiger partial charge on any atom is -0.491 e. The van der Waals surface area contributed by atoms with E-state index in [0.717, 1.165) is 0 Å². The fourth-order valence-corrected chi connectivity index (χ4v) is 3.47. The van der Waals surface area contributed by atoms with Gasteiger partial charge >= 0.3 is 5.97 Å². The smallest absolute Gasteiger partial charge is 0.303 e. The third-order valence-electron chi connectivity index (χ3n) is 5.04. The van der Waals surface area contributed by atoms with Gasteiger partial charge in [0.05, 0.1) is 12.2 Å². The highest BCUT2D eigenvalue weighted by Crippen LogP contribution is 2.36. The molecule has 0 aromatic heterocycles. The predicted octanol–water partition coefficient (Wildman–Crippen LogP) is 2.68. The van der Waals surface area contributed by atoms with Gasteiger partial charge < -0.3 is 25.2 Å². The second-order valence-electron chi connectivity index (χ2n) is 7.32. The second-order valence-corrected chi connectivity index (χ2v) is 7.32. The van der Waals surface area contributed by atoms with E-state index in [1.165, 1.54) is 24.3 Å². The highest BCUT2D eigenvalue weighted by Gasteiger charge is 2.39. The van der Waals surface area contributed by atoms with E-state index in [9.17, 15) is 24.5 Å². The Morgan fingerprint density at radius 1 is 1.21 bits per heavy atom. The first kappa shape index (κ1) is 23.1. The lowest BCUT2D eigenvalue weighted by molar-refractivity contribution is -0.137. The predicted molar refractivity (Wildman–Crippen MR) is 106 cm³/mol. The summed E-state index contributed by atoms with van der Waals surface area (Å²) in [6.07, 6.45) is 6.97. The molecule has 1 aromatic carbocycles. The molecule has 7 heteroatoms. The molecule has 0 aliphatic heterocycles. The van der Waals surface area contributed by atoms with E-state index in [1.54, 1.807) is 12.2 Å². The van der Waals surface area contributed by atoms with Crippen molar-refractivity contribution in [1.29, 1.82) is 0 Å². The number of hydrogen-bond acceptors (Lipinski definition) is 5. The molecule has 0 heterocycles. The molecule has 1 saturated carbocycles. The molecule has 1 aliphatic rings. The fourth-order valence-electron chi connectivity index (χ4n) is 3.47. The molecule has 5 atom stereocenters. The molecule has 160 valence electrons. The largest absolute Gasteiger partial charge is 0.491 e. The number of carboxylic acids is 1. The molecular formula is C22H29FO6. The number of carboxylic acid groups (broad SMARTS) is 1. The third kappa shape index (κ3) is 7.97. The summed E-state index contributed by atoms with van der Waals surface area (Å²) in [5.74, 6) is -1.22. The summed E-state index contributed by atoms with van der Waals surface area (Å²) >= 11 is 0. The van der Waals surface area contributed by atoms with Crippen molar-refractivity contribution >= 4 is 5.97 Å². The third-order valence-corrected chi connectivity index (χ3v) is 5.04. The Kier molecular flexibility index (Phi) is 9.31. The van der Waals surface area contributed by atoms with Gasteiger partial charge in [-0.15, -0.1) is 0 Å². The summed E-state index contributed by atoms with van der Waals surface area (Å²) in [5.41, 5.74) is 0. The Balaban J connectivity index is 1.82. The van der Waals surface area contributed by atoms with E-state index < -0.39 is 24.3 Å². The van der Waals surface area contributed by atoms with Crippen LogP contribution in [0, 0.1) is 17.7 Å². The van der Waals surface area contributed by atoms with E-state index in [-0.39, 0.29) is 37.1 Å². The van der Waals surface area contributed by atoms with Gasteiger partial charge in [-0.1, -0.05) is 24.3 Å². The van der Waals surface area contributed by atoms with E-state index in [0.29, 0.717) is 25.0 Å². The minimum atomic E-state index is -0.905. The zero-order valence-electron chi connectivity index (χ0n) is 16.2. The maximum atomic E-state index is 12.9. The van der Waals surface area contributed by atoms with Crippen LogP contribution in [0.2, 0.25) is 0 Å². The van der Waals surface area contributed by atoms with Crippen molar-refractivity contribution in [3.63, 3.8) is 0 Å². The van der Waals surface area contributed by atoms with Crippen LogP contribution >= 0.6 is 0 Å². The van der Waals surface area contributed by atoms with Crippen LogP contribution in [0.1, 0.15) is 32.1 Å². The normalized spacial score (nSPS) is 25.7. The fraction of sp³-hybridized carbons (Fsp3) is 0.500. The topological polar surface area (TPSA) is 107 Å². The summed E-state index contributed by atoms with van der Waals surface area (Å²) < 4.78 is 18.3. The number of halogens is 1. The molecule has 3 unspecified atom stereocenters. The van der Waals surface area contributed by atoms with Crippen molar-refractivity contribution in [2.24, 2.45) is 11.8 Å². The molecule has 1 aliphatic carbocycles. The summed E-state index contributed by atoms with van der Waals surface area (Å²) in [5, 5.41) is 39.2. The van der Waals surface area contributed by atoms with Gasteiger partial charge in [-0.3, -0.25) is 4.79 Å². The summed E-state index contributed by atoms with van der Waals surface area (Å²) in [7, 11) is 0. The molecule has 0 spiro atoms. The SMILES string of the molecule is O=C(O)CCC/C=C\CC1C(O)CC(O)[C@@H]1/C=C/[C@@H](O)COc1ccc(F)cc1. The Bertz CT molecular complexity index is 687. The number of aliphatic hydroxyl groups is 3. The van der Waals surface area contributed by atoms with Gasteiger partial charge in [0.25, 0.3) is 0 Å². The minimum absolute atomic E-state index is 0.0123. The highest BCUT2D eigenvalue weighted by atomic mass is 19.1. The number of allylic oxidation sites excluding steroid dienone is 2. The molecule has 0 bridgehead atoms. The first-order valence-electron chi connectivity index (χ1n) is 9.84. The van der Waals surface area contributed by atoms with Crippen LogP contribution in [0.25, 0.3) is 0 Å². The van der Waals surface area contributed by atoms with Crippen molar-refractivity contribution in [3.05, 3.63) is 54.4 Å². The Hall–Kier alpha value is -2.22. The van der Waals surface area contributed by atoms with Gasteiger partial charge in [0.1, 0.15) is 24.3 Å². The van der Waals surface area contributed by atoms with Crippen LogP contribution in [0.15, 0.2) is 48.6 Å². The van der Waals surface area contributed by atoms with Crippen molar-refractivity contribution in [2.75, 3.05) is 6.61 Å². The highest BCUT2D eigenvalue weighted by molar-refractivity contribution is 5.66. The molecule has 1 fully saturated rings. The maximum absolute atomic E-state index is 12.9. The molecule has 0 amide bonds. The van der Waals surface area contributed by atoms with Gasteiger partial charge in [0.15, 0.2) is 0 Å². The van der Waals surface area contributed by atoms with Crippen LogP contribution in [0.5, 0.6) is 5.75 Å². The molecule has 4 N–H and O–H groups in total. The number of hydrogen-bond donors (Lipinski definition) is 4. The van der Waals surface area contributed by atoms with Crippen LogP contribution in [-0.4, -0.2) is 51.3 Å². The summed E-state index contributed by atoms with van der Waals surface area (Å²) in [4.78, 5) is 10.5. The van der Waals surface area contributed by atoms with Gasteiger partial charge in [0.2, 0.25) is 0 Å². The number of ether oxygens (including phenoxy) is 1. The summed E-state index contributed by atoms with van der Waals surface area (Å²) in [6, 6.07) is 5.49. The van der Waals surface area contributed by atoms with Crippen molar-refractivity contribution < 1.29 is 34.3 Å². The number of aliphatic hydroxyl groups excluding tert-OH is 3. The van der Waals surface area contributed by atoms with E-state index >= 15 is 0 Å². The van der Waals surface area contributed by atoms with Gasteiger partial charge in [-0.05, 0) is 49.4 Å². The second kappa shape index (κ2) is 11.7. The van der Waals surface area contributed by atoms with Gasteiger partial charge in [-0.2, -0.15) is 0 Å². The van der Waals surface area contributed by atoms with Gasteiger partial charge in [0, 0.05) is 18.8 Å². The molecule has 1 aromatic rings. The quantitative estimate of drug-likeness (QED) is 0.331. The van der Waals surface area contributed by atoms with Crippen molar-refractivity contribution in [1.82, 2.24) is 0 Å². The van der Waals surface area contributed by atoms with Gasteiger partial charge in [-0.25, -0.2) is 4.39 Å². The maximum Gasteiger partial charge on any atom is 0.303 e. The standard InChI is InChI=1S/C22H29FO6/c23-15-7-10-17(11-8-15)29-14-16(24)9-12-19-18(20(25)13-21(19)26)5-3-1-2-4-6-22(27)28/h1,3,7-12,16,18-21,24-26H,2,4-6,13-14H2,(H,27,28)/b3-1-,12-9+/t16-,18?,19-,20?,21?/m1/s1. The van der Waals surface area contributed by atoms with Crippen LogP contribution in [0.3, 0.4) is 0 Å². The molecule has 0 radical (unpaired) electrons. The average molecular weight is 408 g/mol. The Morgan fingerprint density at radius 2 is 1.93 bits per heavy atom. The average Bonchev–Trinajstić information content (AvgIpc) is 2.94. The Labute approximate surface area is 170 Å². The van der Waals surface area contributed by atoms with Crippen molar-refractivity contribution in [2.45, 2.75) is 50.4 Å². The van der Waals surface area contributed by atoms with Crippen LogP contribution in [0.4, 0.5) is 4.39 Å². The number of carbonyl (C=O) groups is 1. The first-order chi connectivity index (χ1) is 13.9. The number of unbranched alkanes of at least 4 members (excludes halogenated alkanes) is 1. The van der Waals surface area contributed by atoms with E-state index in [2.05, 4.69) is 0 Å². The zero-order valence-corrected chi connectivity index (χ0v) is 16.2. The number of aliphatic carboxylic acids is 1. The number of rotatable bonds is 11. The Morgan fingerprint density at radius 3 is 2.62 bits per heavy atom. The number of benzene rings is 1. The molecule has 2 rings (SSSR count). The van der Waals surface area contributed by atoms with E-state index in [1.807, 2.05) is 12.2 Å². The van der Waals surface area contributed by atoms with Crippen molar-refractivity contribution in [3.8, 4) is 5.75 Å². The molecule has 6 nitrogen and oxygen atoms in total. The van der Waals surface area contributed by atoms with E-state index in [4.69, 9.17) is 9.84 Å². The monoisotopic (exact) mass is 408 g/mol. The lowest BCUT2D eigenvalue weighted by Gasteiger charge is -2.19. The van der Waals surface area contributed by atoms with Crippen LogP contribution < -0.4 is 4.74 Å². The molecule has 29 heavy (non-hydrogen) atoms. The molecular weight excluding hydrogens is 379 g/mol. The summed E-state index contributed by atoms with van der Waals surface area (Å²) in [6.45, 7) is -0.0123. The lowest BCUT2D eigenvalue weighted by atomic mass is 9.89. The zero-order chi connectivity index (χ0) is 21.2. The molecule has 0 saturated heterocycles. The first-order valence-corrected chi connectivity index (χ1v) is 9.84. The van der Waals surface area contributed by atoms with Crippen LogP contribution in [-0.2, 0) is 4.79 Å². The lowest BCUT2D eigenvalue weighted by Crippen LogP contribution is -2.21.